The van der Waals surface area contributed by atoms with Gasteiger partial charge in [-0.2, -0.15) is 21.6 Å². The molecule has 0 aliphatic heterocycles. The molecule has 8 nitrogen and oxygen atoms in total. The van der Waals surface area contributed by atoms with Crippen LogP contribution in [0.25, 0.3) is 0 Å². The maximum atomic E-state index is 12.4. The van der Waals surface area contributed by atoms with E-state index in [2.05, 4.69) is 5.32 Å². The van der Waals surface area contributed by atoms with Crippen molar-refractivity contribution in [1.82, 2.24) is 4.90 Å². The van der Waals surface area contributed by atoms with Crippen LogP contribution in [0, 0.1) is 5.92 Å². The quantitative estimate of drug-likeness (QED) is 0.707. The van der Waals surface area contributed by atoms with Gasteiger partial charge in [0.15, 0.2) is 0 Å². The highest BCUT2D eigenvalue weighted by atomic mass is 32.2. The highest BCUT2D eigenvalue weighted by molar-refractivity contribution is 7.93. The van der Waals surface area contributed by atoms with Crippen molar-refractivity contribution in [1.29, 1.82) is 0 Å². The maximum absolute atomic E-state index is 12.4. The predicted octanol–water partition coefficient (Wildman–Crippen LogP) is 3.39. The number of halogens is 3. The smallest absolute Gasteiger partial charge is 0.444 e. The van der Waals surface area contributed by atoms with Gasteiger partial charge in [0.2, 0.25) is 5.91 Å². The number of nitrogens with one attached hydrogen (secondary N) is 2. The lowest BCUT2D eigenvalue weighted by atomic mass is 10.1. The van der Waals surface area contributed by atoms with Crippen LogP contribution in [0.4, 0.5) is 29.3 Å². The Morgan fingerprint density at radius 2 is 1.59 bits per heavy atom. The number of carbonyl (C=O) groups excluding carboxylic acids is 2. The summed E-state index contributed by atoms with van der Waals surface area (Å²) in [6.45, 7) is 6.81. The van der Waals surface area contributed by atoms with Crippen molar-refractivity contribution >= 4 is 33.4 Å². The van der Waals surface area contributed by atoms with E-state index >= 15 is 0 Å². The van der Waals surface area contributed by atoms with Crippen molar-refractivity contribution in [2.24, 2.45) is 5.92 Å². The van der Waals surface area contributed by atoms with E-state index in [1.54, 1.807) is 27.7 Å². The molecule has 1 aromatic carbocycles. The van der Waals surface area contributed by atoms with Crippen LogP contribution in [0.15, 0.2) is 24.3 Å². The Kier molecular flexibility index (Phi) is 7.52. The largest absolute Gasteiger partial charge is 0.516 e. The van der Waals surface area contributed by atoms with Crippen molar-refractivity contribution in [3.05, 3.63) is 24.3 Å². The van der Waals surface area contributed by atoms with E-state index in [-0.39, 0.29) is 17.9 Å². The van der Waals surface area contributed by atoms with Gasteiger partial charge in [-0.05, 0) is 45.0 Å². The Hall–Kier alpha value is -2.50. The van der Waals surface area contributed by atoms with Crippen molar-refractivity contribution in [2.75, 3.05) is 23.6 Å². The van der Waals surface area contributed by atoms with E-state index in [9.17, 15) is 31.2 Å². The number of anilines is 2. The van der Waals surface area contributed by atoms with Crippen molar-refractivity contribution in [3.8, 4) is 0 Å². The van der Waals surface area contributed by atoms with Gasteiger partial charge in [0, 0.05) is 25.0 Å². The molecule has 0 saturated heterocycles. The fourth-order valence-corrected chi connectivity index (χ4v) is 2.57. The summed E-state index contributed by atoms with van der Waals surface area (Å²) in [6.07, 6.45) is -0.585. The second kappa shape index (κ2) is 8.89. The number of ether oxygens (including phenoxy) is 1. The van der Waals surface area contributed by atoms with Gasteiger partial charge in [-0.1, -0.05) is 6.92 Å². The minimum atomic E-state index is -5.52. The molecule has 2 N–H and O–H groups in total. The van der Waals surface area contributed by atoms with Crippen LogP contribution in [-0.2, 0) is 19.6 Å². The third kappa shape index (κ3) is 7.80. The van der Waals surface area contributed by atoms with Gasteiger partial charge in [0.05, 0.1) is 5.92 Å². The molecule has 0 heterocycles. The second-order valence-electron chi connectivity index (χ2n) is 7.38. The molecule has 0 saturated carbocycles. The molecular weight excluding hydrogens is 415 g/mol. The third-order valence-electron chi connectivity index (χ3n) is 3.41. The number of benzene rings is 1. The zero-order valence-electron chi connectivity index (χ0n) is 16.6. The predicted molar refractivity (Wildman–Crippen MR) is 102 cm³/mol. The molecule has 29 heavy (non-hydrogen) atoms. The van der Waals surface area contributed by atoms with Crippen LogP contribution in [0.3, 0.4) is 0 Å². The van der Waals surface area contributed by atoms with Crippen LogP contribution in [0.1, 0.15) is 27.7 Å². The first-order chi connectivity index (χ1) is 13.0. The topological polar surface area (TPSA) is 105 Å². The lowest BCUT2D eigenvalue weighted by Gasteiger charge is -2.26. The molecule has 2 amide bonds. The minimum absolute atomic E-state index is 0.0736. The van der Waals surface area contributed by atoms with Gasteiger partial charge in [-0.25, -0.2) is 4.79 Å². The molecule has 0 unspecified atom stereocenters. The number of sulfonamides is 1. The monoisotopic (exact) mass is 439 g/mol. The standard InChI is InChI=1S/C17H24F3N3O5S/c1-11(10-23(5)15(25)28-16(2,3)4)14(24)21-12-6-8-13(9-7-12)22-29(26,27)17(18,19)20/h6-9,11,22H,10H2,1-5H3,(H,21,24)/t11-/m0/s1. The molecule has 0 radical (unpaired) electrons. The highest BCUT2D eigenvalue weighted by Crippen LogP contribution is 2.26. The lowest BCUT2D eigenvalue weighted by molar-refractivity contribution is -0.119. The second-order valence-corrected chi connectivity index (χ2v) is 9.05. The minimum Gasteiger partial charge on any atom is -0.444 e. The van der Waals surface area contributed by atoms with E-state index in [0.29, 0.717) is 0 Å². The van der Waals surface area contributed by atoms with Crippen LogP contribution < -0.4 is 10.0 Å². The van der Waals surface area contributed by atoms with Crippen molar-refractivity contribution in [3.63, 3.8) is 0 Å². The summed E-state index contributed by atoms with van der Waals surface area (Å²) in [4.78, 5) is 25.4. The molecule has 0 aliphatic carbocycles. The molecule has 1 rings (SSSR count). The van der Waals surface area contributed by atoms with Gasteiger partial charge in [0.1, 0.15) is 5.60 Å². The Morgan fingerprint density at radius 3 is 2.03 bits per heavy atom. The molecule has 1 aromatic rings. The van der Waals surface area contributed by atoms with E-state index in [4.69, 9.17) is 4.74 Å². The molecule has 1 atom stereocenters. The van der Waals surface area contributed by atoms with Crippen LogP contribution in [0.2, 0.25) is 0 Å². The fourth-order valence-electron chi connectivity index (χ4n) is 2.01. The SMILES string of the molecule is C[C@@H](CN(C)C(=O)OC(C)(C)C)C(=O)Nc1ccc(NS(=O)(=O)C(F)(F)F)cc1. The normalized spacial score (nSPS) is 13.4. The van der Waals surface area contributed by atoms with E-state index in [1.807, 2.05) is 0 Å². The molecule has 164 valence electrons. The molecule has 0 aliphatic rings. The fraction of sp³-hybridized carbons (Fsp3) is 0.529. The van der Waals surface area contributed by atoms with Crippen molar-refractivity contribution < 1.29 is 35.9 Å². The Morgan fingerprint density at radius 1 is 1.10 bits per heavy atom. The summed E-state index contributed by atoms with van der Waals surface area (Å²) in [6, 6.07) is 4.65. The number of nitrogens with zero attached hydrogens (tertiary/aromatic N) is 1. The molecule has 12 heteroatoms. The number of alkyl halides is 3. The first kappa shape index (κ1) is 24.5. The van der Waals surface area contributed by atoms with E-state index < -0.39 is 39.1 Å². The third-order valence-corrected chi connectivity index (χ3v) is 4.52. The summed E-state index contributed by atoms with van der Waals surface area (Å²) < 4.78 is 65.8. The lowest BCUT2D eigenvalue weighted by Crippen LogP contribution is -2.39. The van der Waals surface area contributed by atoms with Gasteiger partial charge >= 0.3 is 21.6 Å². The van der Waals surface area contributed by atoms with Gasteiger partial charge < -0.3 is 15.0 Å². The number of carbonyl (C=O) groups is 2. The van der Waals surface area contributed by atoms with Gasteiger partial charge in [-0.3, -0.25) is 9.52 Å². The van der Waals surface area contributed by atoms with Crippen LogP contribution in [-0.4, -0.2) is 50.0 Å². The summed E-state index contributed by atoms with van der Waals surface area (Å²) in [5.74, 6) is -1.06. The highest BCUT2D eigenvalue weighted by Gasteiger charge is 2.46. The Balaban J connectivity index is 2.67. The first-order valence-electron chi connectivity index (χ1n) is 8.46. The van der Waals surface area contributed by atoms with Gasteiger partial charge in [0.25, 0.3) is 0 Å². The number of rotatable bonds is 6. The average Bonchev–Trinajstić information content (AvgIpc) is 2.53. The molecule has 0 fully saturated rings. The van der Waals surface area contributed by atoms with Crippen LogP contribution >= 0.6 is 0 Å². The first-order valence-corrected chi connectivity index (χ1v) is 9.94. The molecule has 0 spiro atoms. The van der Waals surface area contributed by atoms with Crippen LogP contribution in [0.5, 0.6) is 0 Å². The number of amides is 2. The summed E-state index contributed by atoms with van der Waals surface area (Å²) >= 11 is 0. The van der Waals surface area contributed by atoms with Gasteiger partial charge in [-0.15, -0.1) is 0 Å². The summed E-state index contributed by atoms with van der Waals surface area (Å²) in [5, 5.41) is 2.54. The van der Waals surface area contributed by atoms with E-state index in [1.165, 1.54) is 28.8 Å². The number of hydrogen-bond donors (Lipinski definition) is 2. The molecular formula is C17H24F3N3O5S. The van der Waals surface area contributed by atoms with E-state index in [0.717, 1.165) is 12.1 Å². The summed E-state index contributed by atoms with van der Waals surface area (Å²) in [5.41, 5.74) is -6.17. The maximum Gasteiger partial charge on any atom is 0.516 e. The van der Waals surface area contributed by atoms with Crippen molar-refractivity contribution in [2.45, 2.75) is 38.8 Å². The zero-order valence-corrected chi connectivity index (χ0v) is 17.4. The Bertz CT molecular complexity index is 833. The number of hydrogen-bond acceptors (Lipinski definition) is 5. The summed E-state index contributed by atoms with van der Waals surface area (Å²) in [7, 11) is -4.04. The average molecular weight is 439 g/mol. The molecule has 0 bridgehead atoms. The Labute approximate surface area is 167 Å². The zero-order chi connectivity index (χ0) is 22.6. The molecule has 0 aromatic heterocycles.